The molecule has 0 amide bonds. The molecule has 0 spiro atoms. The molecule has 5 nitrogen and oxygen atoms in total. The monoisotopic (exact) mass is 292 g/mol. The van der Waals surface area contributed by atoms with Crippen LogP contribution in [0.2, 0.25) is 0 Å². The van der Waals surface area contributed by atoms with Crippen LogP contribution in [0, 0.1) is 0 Å². The van der Waals surface area contributed by atoms with Crippen LogP contribution in [0.1, 0.15) is 31.2 Å². The number of nitrogens with two attached hydrogens (primary N) is 1. The molecule has 3 rings (SSSR count). The highest BCUT2D eigenvalue weighted by molar-refractivity contribution is 5.55. The minimum absolute atomic E-state index is 0.269. The summed E-state index contributed by atoms with van der Waals surface area (Å²) in [4.78, 5) is 2.41. The van der Waals surface area contributed by atoms with E-state index in [1.807, 2.05) is 6.07 Å². The quantitative estimate of drug-likeness (QED) is 0.921. The zero-order chi connectivity index (χ0) is 14.8. The van der Waals surface area contributed by atoms with Crippen LogP contribution in [0.5, 0.6) is 17.2 Å². The Kier molecular flexibility index (Phi) is 4.22. The first-order valence-electron chi connectivity index (χ1n) is 7.59. The highest BCUT2D eigenvalue weighted by Gasteiger charge is 2.24. The van der Waals surface area contributed by atoms with Gasteiger partial charge >= 0.3 is 0 Å². The summed E-state index contributed by atoms with van der Waals surface area (Å²) in [5, 5.41) is 0. The fourth-order valence-corrected chi connectivity index (χ4v) is 3.23. The Labute approximate surface area is 126 Å². The summed E-state index contributed by atoms with van der Waals surface area (Å²) in [5.74, 6) is 2.25. The fraction of sp³-hybridized carbons (Fsp3) is 0.625. The first-order chi connectivity index (χ1) is 10.2. The second-order valence-electron chi connectivity index (χ2n) is 6.02. The molecule has 0 radical (unpaired) electrons. The lowest BCUT2D eigenvalue weighted by Gasteiger charge is -2.33. The summed E-state index contributed by atoms with van der Waals surface area (Å²) < 4.78 is 16.3. The molecular formula is C16H24N2O3. The SMILES string of the molecule is COc1cc(CN(C)C2CCC(N)CC2)cc2c1OCO2. The Balaban J connectivity index is 1.70. The van der Waals surface area contributed by atoms with Gasteiger partial charge in [0.2, 0.25) is 12.5 Å². The van der Waals surface area contributed by atoms with Crippen molar-refractivity contribution in [1.82, 2.24) is 4.90 Å². The Morgan fingerprint density at radius 1 is 1.24 bits per heavy atom. The first kappa shape index (κ1) is 14.5. The number of ether oxygens (including phenoxy) is 3. The van der Waals surface area contributed by atoms with Gasteiger partial charge in [0.15, 0.2) is 11.5 Å². The predicted molar refractivity (Wildman–Crippen MR) is 80.8 cm³/mol. The molecule has 1 saturated carbocycles. The summed E-state index contributed by atoms with van der Waals surface area (Å²) in [6, 6.07) is 5.09. The third-order valence-corrected chi connectivity index (χ3v) is 4.51. The molecule has 0 saturated heterocycles. The molecule has 2 N–H and O–H groups in total. The van der Waals surface area contributed by atoms with E-state index >= 15 is 0 Å². The molecule has 1 heterocycles. The second kappa shape index (κ2) is 6.12. The van der Waals surface area contributed by atoms with Crippen LogP contribution in [-0.2, 0) is 6.54 Å². The lowest BCUT2D eigenvalue weighted by Crippen LogP contribution is -2.38. The van der Waals surface area contributed by atoms with Crippen molar-refractivity contribution in [2.45, 2.75) is 44.3 Å². The van der Waals surface area contributed by atoms with Gasteiger partial charge in [-0.1, -0.05) is 0 Å². The summed E-state index contributed by atoms with van der Waals surface area (Å²) in [5.41, 5.74) is 7.17. The number of rotatable bonds is 4. The van der Waals surface area contributed by atoms with Gasteiger partial charge in [-0.15, -0.1) is 0 Å². The van der Waals surface area contributed by atoms with E-state index in [2.05, 4.69) is 18.0 Å². The van der Waals surface area contributed by atoms with Gasteiger partial charge in [-0.05, 0) is 50.4 Å². The predicted octanol–water partition coefficient (Wildman–Crippen LogP) is 2.13. The Hall–Kier alpha value is -1.46. The second-order valence-corrected chi connectivity index (χ2v) is 6.02. The molecule has 2 aliphatic rings. The van der Waals surface area contributed by atoms with E-state index in [1.54, 1.807) is 7.11 Å². The maximum Gasteiger partial charge on any atom is 0.231 e. The topological polar surface area (TPSA) is 57.0 Å². The van der Waals surface area contributed by atoms with E-state index in [0.717, 1.165) is 30.9 Å². The van der Waals surface area contributed by atoms with Crippen molar-refractivity contribution in [3.63, 3.8) is 0 Å². The molecule has 1 aromatic rings. The van der Waals surface area contributed by atoms with E-state index in [1.165, 1.54) is 18.4 Å². The molecule has 0 aromatic heterocycles. The highest BCUT2D eigenvalue weighted by Crippen LogP contribution is 2.42. The van der Waals surface area contributed by atoms with Gasteiger partial charge in [-0.2, -0.15) is 0 Å². The van der Waals surface area contributed by atoms with Crippen LogP contribution in [0.4, 0.5) is 0 Å². The maximum atomic E-state index is 5.98. The minimum Gasteiger partial charge on any atom is -0.493 e. The lowest BCUT2D eigenvalue weighted by molar-refractivity contribution is 0.170. The van der Waals surface area contributed by atoms with Gasteiger partial charge in [-0.25, -0.2) is 0 Å². The normalized spacial score (nSPS) is 24.4. The first-order valence-corrected chi connectivity index (χ1v) is 7.59. The van der Waals surface area contributed by atoms with Crippen molar-refractivity contribution >= 4 is 0 Å². The van der Waals surface area contributed by atoms with Gasteiger partial charge < -0.3 is 19.9 Å². The lowest BCUT2D eigenvalue weighted by atomic mass is 9.91. The number of hydrogen-bond acceptors (Lipinski definition) is 5. The van der Waals surface area contributed by atoms with Crippen molar-refractivity contribution in [3.05, 3.63) is 17.7 Å². The number of methoxy groups -OCH3 is 1. The Morgan fingerprint density at radius 2 is 2.00 bits per heavy atom. The molecule has 1 aliphatic carbocycles. The summed E-state index contributed by atoms with van der Waals surface area (Å²) in [6.07, 6.45) is 4.61. The van der Waals surface area contributed by atoms with Gasteiger partial charge in [0.05, 0.1) is 7.11 Å². The summed E-state index contributed by atoms with van der Waals surface area (Å²) >= 11 is 0. The van der Waals surface area contributed by atoms with E-state index in [4.69, 9.17) is 19.9 Å². The zero-order valence-electron chi connectivity index (χ0n) is 12.8. The van der Waals surface area contributed by atoms with Crippen LogP contribution < -0.4 is 19.9 Å². The maximum absolute atomic E-state index is 5.98. The molecule has 21 heavy (non-hydrogen) atoms. The molecule has 5 heteroatoms. The van der Waals surface area contributed by atoms with Crippen molar-refractivity contribution in [2.75, 3.05) is 21.0 Å². The third-order valence-electron chi connectivity index (χ3n) is 4.51. The molecule has 0 atom stereocenters. The smallest absolute Gasteiger partial charge is 0.231 e. The van der Waals surface area contributed by atoms with Crippen molar-refractivity contribution < 1.29 is 14.2 Å². The largest absolute Gasteiger partial charge is 0.493 e. The van der Waals surface area contributed by atoms with Gasteiger partial charge in [0, 0.05) is 18.6 Å². The number of nitrogens with zero attached hydrogens (tertiary/aromatic N) is 1. The Morgan fingerprint density at radius 3 is 2.71 bits per heavy atom. The molecule has 0 bridgehead atoms. The molecule has 0 unspecified atom stereocenters. The molecule has 1 aromatic carbocycles. The van der Waals surface area contributed by atoms with Crippen LogP contribution >= 0.6 is 0 Å². The van der Waals surface area contributed by atoms with Crippen LogP contribution in [0.25, 0.3) is 0 Å². The molecular weight excluding hydrogens is 268 g/mol. The zero-order valence-corrected chi connectivity index (χ0v) is 12.8. The van der Waals surface area contributed by atoms with Crippen LogP contribution in [0.15, 0.2) is 12.1 Å². The minimum atomic E-state index is 0.269. The van der Waals surface area contributed by atoms with E-state index in [9.17, 15) is 0 Å². The molecule has 1 fully saturated rings. The molecule has 116 valence electrons. The highest BCUT2D eigenvalue weighted by atomic mass is 16.7. The van der Waals surface area contributed by atoms with Gasteiger partial charge in [0.1, 0.15) is 0 Å². The summed E-state index contributed by atoms with van der Waals surface area (Å²) in [6.45, 7) is 1.15. The third kappa shape index (κ3) is 3.09. The van der Waals surface area contributed by atoms with E-state index in [-0.39, 0.29) is 6.79 Å². The average molecular weight is 292 g/mol. The molecule has 1 aliphatic heterocycles. The van der Waals surface area contributed by atoms with Crippen LogP contribution in [0.3, 0.4) is 0 Å². The summed E-state index contributed by atoms with van der Waals surface area (Å²) in [7, 11) is 3.84. The number of benzene rings is 1. The van der Waals surface area contributed by atoms with Gasteiger partial charge in [-0.3, -0.25) is 4.90 Å². The van der Waals surface area contributed by atoms with Crippen molar-refractivity contribution in [1.29, 1.82) is 0 Å². The van der Waals surface area contributed by atoms with Crippen molar-refractivity contribution in [3.8, 4) is 17.2 Å². The van der Waals surface area contributed by atoms with E-state index in [0.29, 0.717) is 17.8 Å². The Bertz CT molecular complexity index is 499. The van der Waals surface area contributed by atoms with Crippen molar-refractivity contribution in [2.24, 2.45) is 5.73 Å². The van der Waals surface area contributed by atoms with E-state index < -0.39 is 0 Å². The standard InChI is InChI=1S/C16H24N2O3/c1-18(13-5-3-12(17)4-6-13)9-11-7-14(19-2)16-15(8-11)20-10-21-16/h7-8,12-13H,3-6,9-10,17H2,1-2H3. The van der Waals surface area contributed by atoms with Gasteiger partial charge in [0.25, 0.3) is 0 Å². The number of fused-ring (bicyclic) bond motifs is 1. The van der Waals surface area contributed by atoms with Crippen LogP contribution in [-0.4, -0.2) is 37.9 Å². The number of hydrogen-bond donors (Lipinski definition) is 1. The fourth-order valence-electron chi connectivity index (χ4n) is 3.23. The average Bonchev–Trinajstić information content (AvgIpc) is 2.95.